The molecule has 0 aliphatic rings. The predicted octanol–water partition coefficient (Wildman–Crippen LogP) is 4.44. The number of rotatable bonds is 28. The molecule has 0 spiro atoms. The number of aliphatic hydroxyl groups is 2. The van der Waals surface area contributed by atoms with Gasteiger partial charge in [-0.25, -0.2) is 19.9 Å². The Bertz CT molecular complexity index is 3820. The van der Waals surface area contributed by atoms with Crippen LogP contribution in [0.5, 0.6) is 0 Å². The van der Waals surface area contributed by atoms with Crippen molar-refractivity contribution in [2.24, 2.45) is 0 Å². The molecule has 0 saturated carbocycles. The number of aromatic nitrogens is 15. The molecular formula is C51H58N20O6S2. The van der Waals surface area contributed by atoms with E-state index in [9.17, 15) is 27.0 Å². The molecule has 28 heteroatoms. The van der Waals surface area contributed by atoms with E-state index in [-0.39, 0.29) is 35.0 Å². The number of hydrogen-bond donors (Lipinski definition) is 7. The number of aryl methyl sites for hydroxylation is 3. The maximum absolute atomic E-state index is 13.2. The lowest BCUT2D eigenvalue weighted by atomic mass is 10.1. The zero-order valence-corrected chi connectivity index (χ0v) is 44.5. The van der Waals surface area contributed by atoms with Crippen LogP contribution < -0.4 is 26.6 Å². The highest BCUT2D eigenvalue weighted by Gasteiger charge is 2.24. The predicted molar refractivity (Wildman–Crippen MR) is 295 cm³/mol. The van der Waals surface area contributed by atoms with Gasteiger partial charge in [-0.05, 0) is 60.7 Å². The first-order chi connectivity index (χ1) is 38.5. The Morgan fingerprint density at radius 2 is 1.22 bits per heavy atom. The van der Waals surface area contributed by atoms with Gasteiger partial charge in [-0.15, -0.1) is 18.4 Å². The summed E-state index contributed by atoms with van der Waals surface area (Å²) in [6.45, 7) is 4.20. The Morgan fingerprint density at radius 3 is 1.82 bits per heavy atom. The van der Waals surface area contributed by atoms with Crippen molar-refractivity contribution in [3.05, 3.63) is 152 Å². The van der Waals surface area contributed by atoms with E-state index in [1.54, 1.807) is 35.4 Å². The Balaban J connectivity index is 0.911. The minimum atomic E-state index is -3.92. The Labute approximate surface area is 454 Å². The summed E-state index contributed by atoms with van der Waals surface area (Å²) >= 11 is 0. The zero-order valence-electron chi connectivity index (χ0n) is 42.9. The maximum Gasteiger partial charge on any atom is 0.285 e. The van der Waals surface area contributed by atoms with Crippen molar-refractivity contribution >= 4 is 71.6 Å². The Kier molecular flexibility index (Phi) is 16.4. The van der Waals surface area contributed by atoms with Gasteiger partial charge in [0.2, 0.25) is 11.9 Å². The van der Waals surface area contributed by atoms with Crippen molar-refractivity contribution in [2.45, 2.75) is 87.2 Å². The summed E-state index contributed by atoms with van der Waals surface area (Å²) in [7, 11) is -7.80. The van der Waals surface area contributed by atoms with Gasteiger partial charge in [-0.2, -0.15) is 36.8 Å². The molecule has 0 aliphatic heterocycles. The van der Waals surface area contributed by atoms with Gasteiger partial charge in [0, 0.05) is 63.8 Å². The van der Waals surface area contributed by atoms with E-state index in [0.717, 1.165) is 38.3 Å². The van der Waals surface area contributed by atoms with Crippen LogP contribution >= 0.6 is 0 Å². The molecule has 410 valence electrons. The highest BCUT2D eigenvalue weighted by molar-refractivity contribution is 7.90. The standard InChI is InChI=1S/C51H58N20O6S2/c1-2-38(29-72)60-50-64-47(56-27-37-12-7-4-8-13-37)45-49(66-50)69(23-9-22-67-24-20-42(28-67)79(76,77)71-34-53-32-59-71)43(62-45)19-16-40(30-73)61-51-63-46(55-26-36-10-5-3-6-11-36)44-48(65-51)68(35-57-44)25-21-54-39-14-17-41(18-15-39)78(74,75)70-33-52-31-58-70/h3-8,10-15,17-18,20,24,28,31-35,38,40,54,72-73H,2,9,16,19,21-23,25-27,29-30H2,1H3,(H2,55,61,63,65)(H2,56,60,64,66)/t38-,40-/m1/s1. The van der Waals surface area contributed by atoms with Gasteiger partial charge in [0.05, 0.1) is 36.5 Å². The van der Waals surface area contributed by atoms with Crippen molar-refractivity contribution in [3.63, 3.8) is 0 Å². The molecule has 0 saturated heterocycles. The van der Waals surface area contributed by atoms with Crippen LogP contribution in [-0.2, 0) is 59.2 Å². The second-order valence-electron chi connectivity index (χ2n) is 18.4. The molecule has 26 nitrogen and oxygen atoms in total. The average molecular weight is 1110 g/mol. The van der Waals surface area contributed by atoms with E-state index in [1.807, 2.05) is 76.7 Å². The number of nitrogens with zero attached hydrogens (tertiary/aromatic N) is 15. The Hall–Kier alpha value is -8.86. The number of nitrogens with one attached hydrogen (secondary N) is 5. The molecule has 0 aliphatic carbocycles. The van der Waals surface area contributed by atoms with Gasteiger partial charge in [0.15, 0.2) is 34.0 Å². The van der Waals surface area contributed by atoms with E-state index in [1.165, 1.54) is 24.5 Å². The van der Waals surface area contributed by atoms with Crippen molar-refractivity contribution in [1.29, 1.82) is 0 Å². The smallest absolute Gasteiger partial charge is 0.285 e. The van der Waals surface area contributed by atoms with Crippen LogP contribution in [0.1, 0.15) is 43.1 Å². The minimum Gasteiger partial charge on any atom is -0.394 e. The average Bonchev–Trinajstić information content (AvgIpc) is 4.43. The lowest BCUT2D eigenvalue weighted by Crippen LogP contribution is -2.26. The third-order valence-electron chi connectivity index (χ3n) is 13.0. The summed E-state index contributed by atoms with van der Waals surface area (Å²) in [6, 6.07) is 26.8. The molecule has 79 heavy (non-hydrogen) atoms. The van der Waals surface area contributed by atoms with E-state index < -0.39 is 26.1 Å². The lowest BCUT2D eigenvalue weighted by molar-refractivity contribution is 0.268. The SMILES string of the molecule is CC[C@H](CO)Nc1nc(NCc2ccccc2)c2nc(CC[C@H](CO)Nc3nc(NCc4ccccc4)c4ncn(CCNc5ccc(S(=O)(=O)n6cncn6)cc5)c4n3)n(CCCn3ccc(S(=O)(=O)n4cncn4)c3)c2n1. The first-order valence-corrected chi connectivity index (χ1v) is 28.4. The molecular weight excluding hydrogens is 1050 g/mol. The molecule has 7 aromatic heterocycles. The molecule has 7 heterocycles. The van der Waals surface area contributed by atoms with Crippen LogP contribution in [0.4, 0.5) is 29.2 Å². The van der Waals surface area contributed by atoms with Gasteiger partial charge in [0.1, 0.15) is 36.0 Å². The van der Waals surface area contributed by atoms with Crippen molar-refractivity contribution in [1.82, 2.24) is 71.9 Å². The second-order valence-corrected chi connectivity index (χ2v) is 22.0. The quantitative estimate of drug-likeness (QED) is 0.0356. The van der Waals surface area contributed by atoms with Crippen LogP contribution in [0.15, 0.2) is 145 Å². The van der Waals surface area contributed by atoms with E-state index in [2.05, 4.69) is 46.7 Å². The van der Waals surface area contributed by atoms with E-state index in [4.69, 9.17) is 29.9 Å². The number of hydrogen-bond acceptors (Lipinski definition) is 21. The largest absolute Gasteiger partial charge is 0.394 e. The molecule has 0 radical (unpaired) electrons. The summed E-state index contributed by atoms with van der Waals surface area (Å²) in [4.78, 5) is 37.2. The van der Waals surface area contributed by atoms with Crippen LogP contribution in [-0.4, -0.2) is 131 Å². The van der Waals surface area contributed by atoms with Crippen molar-refractivity contribution < 1.29 is 27.0 Å². The first kappa shape index (κ1) is 53.5. The van der Waals surface area contributed by atoms with Crippen LogP contribution in [0.2, 0.25) is 0 Å². The van der Waals surface area contributed by atoms with Gasteiger partial charge in [-0.1, -0.05) is 67.6 Å². The molecule has 2 atom stereocenters. The summed E-state index contributed by atoms with van der Waals surface area (Å²) in [5, 5.41) is 45.7. The van der Waals surface area contributed by atoms with E-state index in [0.29, 0.717) is 116 Å². The van der Waals surface area contributed by atoms with Crippen LogP contribution in [0, 0.1) is 0 Å². The summed E-state index contributed by atoms with van der Waals surface area (Å²) in [5.41, 5.74) is 4.92. The van der Waals surface area contributed by atoms with E-state index >= 15 is 0 Å². The van der Waals surface area contributed by atoms with Gasteiger partial charge in [0.25, 0.3) is 20.0 Å². The first-order valence-electron chi connectivity index (χ1n) is 25.5. The highest BCUT2D eigenvalue weighted by atomic mass is 32.2. The molecule has 10 rings (SSSR count). The van der Waals surface area contributed by atoms with Crippen molar-refractivity contribution in [2.75, 3.05) is 46.3 Å². The zero-order chi connectivity index (χ0) is 54.8. The fourth-order valence-electron chi connectivity index (χ4n) is 8.72. The molecule has 7 N–H and O–H groups in total. The van der Waals surface area contributed by atoms with Crippen LogP contribution in [0.25, 0.3) is 22.3 Å². The van der Waals surface area contributed by atoms with Crippen molar-refractivity contribution in [3.8, 4) is 0 Å². The topological polar surface area (TPSA) is 322 Å². The summed E-state index contributed by atoms with van der Waals surface area (Å²) in [5.74, 6) is 2.22. The minimum absolute atomic E-state index is 0.0691. The molecule has 3 aromatic carbocycles. The number of anilines is 5. The normalized spacial score (nSPS) is 12.7. The number of imidazole rings is 2. The molecule has 0 unspecified atom stereocenters. The number of benzene rings is 3. The second kappa shape index (κ2) is 24.2. The molecule has 0 amide bonds. The third-order valence-corrected chi connectivity index (χ3v) is 16.1. The van der Waals surface area contributed by atoms with Gasteiger partial charge >= 0.3 is 0 Å². The van der Waals surface area contributed by atoms with Gasteiger partial charge in [-0.3, -0.25) is 0 Å². The summed E-state index contributed by atoms with van der Waals surface area (Å²) in [6.07, 6.45) is 11.5. The molecule has 0 fully saturated rings. The monoisotopic (exact) mass is 1110 g/mol. The number of aliphatic hydroxyl groups excluding tert-OH is 2. The third kappa shape index (κ3) is 12.5. The Morgan fingerprint density at radius 1 is 0.608 bits per heavy atom. The fraction of sp³-hybridized carbons (Fsp3) is 0.294. The number of fused-ring (bicyclic) bond motifs is 2. The fourth-order valence-corrected chi connectivity index (χ4v) is 10.8. The lowest BCUT2D eigenvalue weighted by Gasteiger charge is -2.18. The summed E-state index contributed by atoms with van der Waals surface area (Å²) < 4.78 is 59.6. The molecule has 10 aromatic rings. The van der Waals surface area contributed by atoms with Gasteiger partial charge < -0.3 is 50.5 Å². The van der Waals surface area contributed by atoms with Crippen LogP contribution in [0.3, 0.4) is 0 Å². The molecule has 0 bridgehead atoms. The highest BCUT2D eigenvalue weighted by Crippen LogP contribution is 2.28. The maximum atomic E-state index is 13.2.